The van der Waals surface area contributed by atoms with Crippen LogP contribution in [-0.4, -0.2) is 23.3 Å². The van der Waals surface area contributed by atoms with Gasteiger partial charge in [0.1, 0.15) is 6.54 Å². The van der Waals surface area contributed by atoms with E-state index in [0.717, 1.165) is 17.2 Å². The van der Waals surface area contributed by atoms with Crippen molar-refractivity contribution in [3.8, 4) is 12.3 Å². The number of nitrogens with one attached hydrogen (secondary N) is 1. The Morgan fingerprint density at radius 2 is 2.22 bits per heavy atom. The summed E-state index contributed by atoms with van der Waals surface area (Å²) in [5.74, 6) is 2.17. The smallest absolute Gasteiger partial charge is 0.240 e. The Morgan fingerprint density at radius 3 is 2.94 bits per heavy atom. The van der Waals surface area contributed by atoms with E-state index in [9.17, 15) is 9.59 Å². The summed E-state index contributed by atoms with van der Waals surface area (Å²) in [6.45, 7) is 0.356. The van der Waals surface area contributed by atoms with E-state index in [1.165, 1.54) is 0 Å². The van der Waals surface area contributed by atoms with Gasteiger partial charge in [0.25, 0.3) is 0 Å². The summed E-state index contributed by atoms with van der Waals surface area (Å²) in [6, 6.07) is 7.45. The molecule has 1 aromatic carbocycles. The summed E-state index contributed by atoms with van der Waals surface area (Å²) in [6.07, 6.45) is 7.53. The Hall–Kier alpha value is -2.54. The summed E-state index contributed by atoms with van der Waals surface area (Å²) in [5.41, 5.74) is 1.44. The van der Waals surface area contributed by atoms with E-state index < -0.39 is 0 Å². The molecule has 1 amide bonds. The zero-order chi connectivity index (χ0) is 13.0. The molecule has 0 unspecified atom stereocenters. The van der Waals surface area contributed by atoms with Crippen molar-refractivity contribution in [2.24, 2.45) is 0 Å². The van der Waals surface area contributed by atoms with E-state index >= 15 is 0 Å². The molecule has 0 aliphatic carbocycles. The summed E-state index contributed by atoms with van der Waals surface area (Å²) < 4.78 is 1.74. The number of para-hydroxylation sites is 1. The molecule has 0 bridgehead atoms. The van der Waals surface area contributed by atoms with Gasteiger partial charge in [-0.2, -0.15) is 0 Å². The molecule has 4 heteroatoms. The Bertz CT molecular complexity index is 635. The second kappa shape index (κ2) is 5.19. The number of terminal acetylenes is 1. The van der Waals surface area contributed by atoms with Gasteiger partial charge in [-0.05, 0) is 6.07 Å². The zero-order valence-electron chi connectivity index (χ0n) is 9.72. The normalized spacial score (nSPS) is 9.94. The van der Waals surface area contributed by atoms with Crippen LogP contribution in [0.3, 0.4) is 0 Å². The molecule has 90 valence electrons. The number of amides is 1. The third kappa shape index (κ3) is 2.25. The van der Waals surface area contributed by atoms with Crippen molar-refractivity contribution in [1.82, 2.24) is 9.88 Å². The predicted octanol–water partition coefficient (Wildman–Crippen LogP) is 1.20. The molecule has 2 aromatic rings. The maximum atomic E-state index is 11.6. The Labute approximate surface area is 105 Å². The average molecular weight is 240 g/mol. The number of hydrogen-bond donors (Lipinski definition) is 1. The quantitative estimate of drug-likeness (QED) is 0.645. The molecule has 4 nitrogen and oxygen atoms in total. The molecule has 0 fully saturated rings. The monoisotopic (exact) mass is 240 g/mol. The van der Waals surface area contributed by atoms with Gasteiger partial charge < -0.3 is 9.88 Å². The number of fused-ring (bicyclic) bond motifs is 1. The van der Waals surface area contributed by atoms with Crippen molar-refractivity contribution in [2.45, 2.75) is 6.54 Å². The predicted molar refractivity (Wildman–Crippen MR) is 69.2 cm³/mol. The Balaban J connectivity index is 2.31. The van der Waals surface area contributed by atoms with Gasteiger partial charge in [-0.3, -0.25) is 9.59 Å². The van der Waals surface area contributed by atoms with Crippen molar-refractivity contribution in [3.05, 3.63) is 36.0 Å². The van der Waals surface area contributed by atoms with Crippen molar-refractivity contribution < 1.29 is 9.59 Å². The van der Waals surface area contributed by atoms with Gasteiger partial charge in [0.05, 0.1) is 6.54 Å². The highest BCUT2D eigenvalue weighted by atomic mass is 16.2. The van der Waals surface area contributed by atoms with Crippen molar-refractivity contribution in [3.63, 3.8) is 0 Å². The lowest BCUT2D eigenvalue weighted by Crippen LogP contribution is -2.27. The average Bonchev–Trinajstić information content (AvgIpc) is 2.75. The molecular weight excluding hydrogens is 228 g/mol. The van der Waals surface area contributed by atoms with Gasteiger partial charge in [-0.15, -0.1) is 6.42 Å². The van der Waals surface area contributed by atoms with E-state index in [0.29, 0.717) is 5.56 Å². The molecule has 0 saturated carbocycles. The molecule has 18 heavy (non-hydrogen) atoms. The van der Waals surface area contributed by atoms with Gasteiger partial charge in [0.15, 0.2) is 6.29 Å². The molecular formula is C14H12N2O2. The van der Waals surface area contributed by atoms with Crippen LogP contribution in [0.15, 0.2) is 30.5 Å². The second-order valence-electron chi connectivity index (χ2n) is 3.83. The lowest BCUT2D eigenvalue weighted by atomic mass is 10.2. The number of nitrogens with zero attached hydrogens (tertiary/aromatic N) is 1. The topological polar surface area (TPSA) is 51.1 Å². The lowest BCUT2D eigenvalue weighted by molar-refractivity contribution is -0.121. The number of aldehydes is 1. The summed E-state index contributed by atoms with van der Waals surface area (Å²) in [5, 5.41) is 3.43. The maximum absolute atomic E-state index is 11.6. The molecule has 1 aromatic heterocycles. The molecule has 0 aliphatic heterocycles. The van der Waals surface area contributed by atoms with E-state index in [2.05, 4.69) is 11.2 Å². The zero-order valence-corrected chi connectivity index (χ0v) is 9.72. The summed E-state index contributed by atoms with van der Waals surface area (Å²) in [7, 11) is 0. The fourth-order valence-corrected chi connectivity index (χ4v) is 1.86. The van der Waals surface area contributed by atoms with E-state index in [-0.39, 0.29) is 19.0 Å². The number of carbonyl (C=O) groups excluding carboxylic acids is 2. The Morgan fingerprint density at radius 1 is 1.44 bits per heavy atom. The largest absolute Gasteiger partial charge is 0.344 e. The third-order valence-corrected chi connectivity index (χ3v) is 2.65. The molecule has 0 radical (unpaired) electrons. The summed E-state index contributed by atoms with van der Waals surface area (Å²) >= 11 is 0. The first-order valence-corrected chi connectivity index (χ1v) is 5.49. The van der Waals surface area contributed by atoms with Crippen LogP contribution in [0.2, 0.25) is 0 Å². The first-order valence-electron chi connectivity index (χ1n) is 5.49. The molecule has 0 atom stereocenters. The molecule has 0 saturated heterocycles. The molecule has 0 spiro atoms. The van der Waals surface area contributed by atoms with E-state index in [1.807, 2.05) is 24.3 Å². The number of carbonyl (C=O) groups is 2. The standard InChI is InChI=1S/C14H12N2O2/c1-2-7-15-14(18)9-16-8-11(10-17)12-5-3-4-6-13(12)16/h1,3-6,8,10H,7,9H2,(H,15,18). The molecule has 1 heterocycles. The van der Waals surface area contributed by atoms with Gasteiger partial charge in [-0.1, -0.05) is 24.1 Å². The van der Waals surface area contributed by atoms with Crippen molar-refractivity contribution in [1.29, 1.82) is 0 Å². The minimum Gasteiger partial charge on any atom is -0.344 e. The van der Waals surface area contributed by atoms with Crippen LogP contribution in [0.25, 0.3) is 10.9 Å². The number of rotatable bonds is 4. The highest BCUT2D eigenvalue weighted by Gasteiger charge is 2.09. The van der Waals surface area contributed by atoms with Gasteiger partial charge >= 0.3 is 0 Å². The SMILES string of the molecule is C#CCNC(=O)Cn1cc(C=O)c2ccccc21. The number of aromatic nitrogens is 1. The molecule has 0 aliphatic rings. The van der Waals surface area contributed by atoms with Crippen LogP contribution in [0.1, 0.15) is 10.4 Å². The number of hydrogen-bond acceptors (Lipinski definition) is 2. The minimum absolute atomic E-state index is 0.149. The lowest BCUT2D eigenvalue weighted by Gasteiger charge is -2.04. The van der Waals surface area contributed by atoms with Crippen LogP contribution in [-0.2, 0) is 11.3 Å². The van der Waals surface area contributed by atoms with Gasteiger partial charge in [0.2, 0.25) is 5.91 Å². The third-order valence-electron chi connectivity index (χ3n) is 2.65. The maximum Gasteiger partial charge on any atom is 0.240 e. The first-order chi connectivity index (χ1) is 8.76. The van der Waals surface area contributed by atoms with Crippen LogP contribution < -0.4 is 5.32 Å². The van der Waals surface area contributed by atoms with Crippen molar-refractivity contribution >= 4 is 23.1 Å². The fraction of sp³-hybridized carbons (Fsp3) is 0.143. The highest BCUT2D eigenvalue weighted by Crippen LogP contribution is 2.19. The fourth-order valence-electron chi connectivity index (χ4n) is 1.86. The van der Waals surface area contributed by atoms with Crippen LogP contribution >= 0.6 is 0 Å². The summed E-state index contributed by atoms with van der Waals surface area (Å²) in [4.78, 5) is 22.5. The minimum atomic E-state index is -0.175. The van der Waals surface area contributed by atoms with Crippen LogP contribution in [0.5, 0.6) is 0 Å². The first kappa shape index (κ1) is 11.9. The number of benzene rings is 1. The second-order valence-corrected chi connectivity index (χ2v) is 3.83. The van der Waals surface area contributed by atoms with Gasteiger partial charge in [-0.25, -0.2) is 0 Å². The van der Waals surface area contributed by atoms with E-state index in [1.54, 1.807) is 10.8 Å². The van der Waals surface area contributed by atoms with E-state index in [4.69, 9.17) is 6.42 Å². The molecule has 1 N–H and O–H groups in total. The van der Waals surface area contributed by atoms with Crippen LogP contribution in [0.4, 0.5) is 0 Å². The molecule has 2 rings (SSSR count). The van der Waals surface area contributed by atoms with Crippen molar-refractivity contribution in [2.75, 3.05) is 6.54 Å². The highest BCUT2D eigenvalue weighted by molar-refractivity contribution is 5.98. The van der Waals surface area contributed by atoms with Gasteiger partial charge in [0, 0.05) is 22.7 Å². The Kier molecular flexibility index (Phi) is 3.44. The van der Waals surface area contributed by atoms with Crippen LogP contribution in [0, 0.1) is 12.3 Å².